The van der Waals surface area contributed by atoms with Gasteiger partial charge in [-0.1, -0.05) is 30.3 Å². The Kier molecular flexibility index (Phi) is 6.41. The lowest BCUT2D eigenvalue weighted by molar-refractivity contribution is -0.145. The van der Waals surface area contributed by atoms with E-state index in [-0.39, 0.29) is 25.0 Å². The van der Waals surface area contributed by atoms with E-state index in [0.717, 1.165) is 18.5 Å². The van der Waals surface area contributed by atoms with Gasteiger partial charge in [0, 0.05) is 24.5 Å². The lowest BCUT2D eigenvalue weighted by Gasteiger charge is -2.30. The normalized spacial score (nSPS) is 13.5. The molecule has 26 heavy (non-hydrogen) atoms. The number of hydrogen-bond donors (Lipinski definition) is 0. The third-order valence-electron chi connectivity index (χ3n) is 4.43. The molecule has 0 atom stereocenters. The van der Waals surface area contributed by atoms with Crippen LogP contribution >= 0.6 is 11.3 Å². The van der Waals surface area contributed by atoms with Crippen LogP contribution in [0.4, 0.5) is 0 Å². The second-order valence-electron chi connectivity index (χ2n) is 6.37. The molecule has 0 aliphatic carbocycles. The second kappa shape index (κ2) is 8.96. The summed E-state index contributed by atoms with van der Waals surface area (Å²) in [5.74, 6) is -0.239. The molecule has 1 aromatic carbocycles. The van der Waals surface area contributed by atoms with Crippen LogP contribution in [0.3, 0.4) is 0 Å². The number of rotatable bonds is 7. The lowest BCUT2D eigenvalue weighted by atomic mass is 10.1. The molecular formula is C20H24N2O3S. The van der Waals surface area contributed by atoms with Gasteiger partial charge in [0.25, 0.3) is 0 Å². The van der Waals surface area contributed by atoms with Gasteiger partial charge in [0.1, 0.15) is 0 Å². The van der Waals surface area contributed by atoms with Crippen LogP contribution in [0.25, 0.3) is 0 Å². The molecule has 1 amide bonds. The number of fused-ring (bicyclic) bond motifs is 1. The Morgan fingerprint density at radius 1 is 1.19 bits per heavy atom. The average Bonchev–Trinajstić information content (AvgIpc) is 3.10. The summed E-state index contributed by atoms with van der Waals surface area (Å²) in [4.78, 5) is 29.9. The molecule has 0 bridgehead atoms. The quantitative estimate of drug-likeness (QED) is 0.701. The van der Waals surface area contributed by atoms with E-state index in [2.05, 4.69) is 11.4 Å². The molecule has 0 radical (unpaired) electrons. The van der Waals surface area contributed by atoms with Crippen molar-refractivity contribution < 1.29 is 14.3 Å². The molecule has 3 rings (SSSR count). The predicted octanol–water partition coefficient (Wildman–Crippen LogP) is 2.70. The van der Waals surface area contributed by atoms with Crippen LogP contribution in [0.15, 0.2) is 41.8 Å². The van der Waals surface area contributed by atoms with E-state index < -0.39 is 0 Å². The van der Waals surface area contributed by atoms with Crippen molar-refractivity contribution in [1.29, 1.82) is 0 Å². The highest BCUT2D eigenvalue weighted by Crippen LogP contribution is 2.24. The fraction of sp³-hybridized carbons (Fsp3) is 0.400. The van der Waals surface area contributed by atoms with Gasteiger partial charge in [-0.25, -0.2) is 0 Å². The number of amides is 1. The Morgan fingerprint density at radius 2 is 2.00 bits per heavy atom. The van der Waals surface area contributed by atoms with Gasteiger partial charge in [0.05, 0.1) is 19.7 Å². The minimum absolute atomic E-state index is 0.0575. The number of nitrogens with zero attached hydrogens (tertiary/aromatic N) is 2. The minimum Gasteiger partial charge on any atom is -0.465 e. The minimum atomic E-state index is -0.296. The molecule has 0 saturated heterocycles. The van der Waals surface area contributed by atoms with Crippen LogP contribution in [0.1, 0.15) is 22.9 Å². The van der Waals surface area contributed by atoms with Crippen molar-refractivity contribution >= 4 is 23.2 Å². The van der Waals surface area contributed by atoms with Crippen LogP contribution in [0, 0.1) is 0 Å². The van der Waals surface area contributed by atoms with E-state index in [1.807, 2.05) is 40.1 Å². The number of ether oxygens (including phenoxy) is 1. The summed E-state index contributed by atoms with van der Waals surface area (Å²) >= 11 is 1.76. The Bertz CT molecular complexity index is 745. The third kappa shape index (κ3) is 4.93. The van der Waals surface area contributed by atoms with E-state index in [0.29, 0.717) is 19.7 Å². The molecule has 1 aliphatic rings. The van der Waals surface area contributed by atoms with Crippen molar-refractivity contribution in [2.24, 2.45) is 0 Å². The smallest absolute Gasteiger partial charge is 0.320 e. The Hall–Kier alpha value is -2.18. The number of esters is 1. The van der Waals surface area contributed by atoms with Gasteiger partial charge in [-0.3, -0.25) is 14.5 Å². The highest BCUT2D eigenvalue weighted by molar-refractivity contribution is 7.10. The topological polar surface area (TPSA) is 49.9 Å². The molecule has 0 saturated carbocycles. The summed E-state index contributed by atoms with van der Waals surface area (Å²) in [5.41, 5.74) is 2.32. The van der Waals surface area contributed by atoms with E-state index in [9.17, 15) is 9.59 Å². The van der Waals surface area contributed by atoms with Crippen molar-refractivity contribution in [3.63, 3.8) is 0 Å². The molecular weight excluding hydrogens is 348 g/mol. The Labute approximate surface area is 158 Å². The van der Waals surface area contributed by atoms with Crippen molar-refractivity contribution in [2.75, 3.05) is 26.2 Å². The summed E-state index contributed by atoms with van der Waals surface area (Å²) in [6, 6.07) is 12.0. The number of hydrogen-bond acceptors (Lipinski definition) is 5. The molecule has 0 unspecified atom stereocenters. The van der Waals surface area contributed by atoms with Crippen LogP contribution < -0.4 is 0 Å². The first-order valence-electron chi connectivity index (χ1n) is 8.90. The third-order valence-corrected chi connectivity index (χ3v) is 5.45. The largest absolute Gasteiger partial charge is 0.465 e. The summed E-state index contributed by atoms with van der Waals surface area (Å²) in [7, 11) is 0. The molecule has 138 valence electrons. The van der Waals surface area contributed by atoms with Gasteiger partial charge < -0.3 is 9.64 Å². The van der Waals surface area contributed by atoms with E-state index >= 15 is 0 Å². The molecule has 1 aliphatic heterocycles. The number of benzene rings is 1. The zero-order chi connectivity index (χ0) is 18.4. The molecule has 5 nitrogen and oxygen atoms in total. The van der Waals surface area contributed by atoms with Gasteiger partial charge in [0.2, 0.25) is 5.91 Å². The van der Waals surface area contributed by atoms with Gasteiger partial charge in [-0.05, 0) is 35.9 Å². The fourth-order valence-corrected chi connectivity index (χ4v) is 4.04. The first-order valence-corrected chi connectivity index (χ1v) is 9.78. The van der Waals surface area contributed by atoms with Crippen molar-refractivity contribution in [3.05, 3.63) is 57.8 Å². The summed E-state index contributed by atoms with van der Waals surface area (Å²) in [6.45, 7) is 4.42. The number of thiophene rings is 1. The SMILES string of the molecule is CCOC(=O)CN(CC(=O)N1CCc2sccc2C1)Cc1ccccc1. The maximum absolute atomic E-state index is 12.8. The maximum Gasteiger partial charge on any atom is 0.320 e. The molecule has 2 heterocycles. The number of carbonyl (C=O) groups excluding carboxylic acids is 2. The molecule has 0 fully saturated rings. The van der Waals surface area contributed by atoms with E-state index in [1.54, 1.807) is 18.3 Å². The molecule has 0 spiro atoms. The zero-order valence-electron chi connectivity index (χ0n) is 15.0. The summed E-state index contributed by atoms with van der Waals surface area (Å²) in [5, 5.41) is 2.08. The molecule has 2 aromatic rings. The highest BCUT2D eigenvalue weighted by Gasteiger charge is 2.24. The van der Waals surface area contributed by atoms with Crippen LogP contribution in [-0.2, 0) is 33.8 Å². The molecule has 6 heteroatoms. The first kappa shape index (κ1) is 18.6. The van der Waals surface area contributed by atoms with Crippen molar-refractivity contribution in [2.45, 2.75) is 26.4 Å². The van der Waals surface area contributed by atoms with Gasteiger partial charge in [-0.2, -0.15) is 0 Å². The monoisotopic (exact) mass is 372 g/mol. The Morgan fingerprint density at radius 3 is 2.77 bits per heavy atom. The van der Waals surface area contributed by atoms with Crippen LogP contribution in [0.5, 0.6) is 0 Å². The molecule has 1 aromatic heterocycles. The van der Waals surface area contributed by atoms with E-state index in [1.165, 1.54) is 10.4 Å². The van der Waals surface area contributed by atoms with Crippen LogP contribution in [-0.4, -0.2) is 47.9 Å². The zero-order valence-corrected chi connectivity index (χ0v) is 15.8. The average molecular weight is 372 g/mol. The fourth-order valence-electron chi connectivity index (χ4n) is 3.15. The summed E-state index contributed by atoms with van der Waals surface area (Å²) < 4.78 is 5.07. The molecule has 0 N–H and O–H groups in total. The van der Waals surface area contributed by atoms with Crippen molar-refractivity contribution in [3.8, 4) is 0 Å². The second-order valence-corrected chi connectivity index (χ2v) is 7.37. The predicted molar refractivity (Wildman–Crippen MR) is 102 cm³/mol. The van der Waals surface area contributed by atoms with Gasteiger partial charge in [-0.15, -0.1) is 11.3 Å². The lowest BCUT2D eigenvalue weighted by Crippen LogP contribution is -2.43. The van der Waals surface area contributed by atoms with Gasteiger partial charge in [0.15, 0.2) is 0 Å². The first-order chi connectivity index (χ1) is 12.7. The number of carbonyl (C=O) groups is 2. The summed E-state index contributed by atoms with van der Waals surface area (Å²) in [6.07, 6.45) is 0.912. The van der Waals surface area contributed by atoms with Crippen LogP contribution in [0.2, 0.25) is 0 Å². The maximum atomic E-state index is 12.8. The van der Waals surface area contributed by atoms with Crippen molar-refractivity contribution in [1.82, 2.24) is 9.80 Å². The highest BCUT2D eigenvalue weighted by atomic mass is 32.1. The Balaban J connectivity index is 1.64. The van der Waals surface area contributed by atoms with Gasteiger partial charge >= 0.3 is 5.97 Å². The standard InChI is InChI=1S/C20H24N2O3S/c1-2-25-20(24)15-21(12-16-6-4-3-5-7-16)14-19(23)22-10-8-18-17(13-22)9-11-26-18/h3-7,9,11H,2,8,10,12-15H2,1H3. The van der Waals surface area contributed by atoms with E-state index in [4.69, 9.17) is 4.74 Å².